The summed E-state index contributed by atoms with van der Waals surface area (Å²) >= 11 is 0. The molecule has 0 aliphatic carbocycles. The van der Waals surface area contributed by atoms with Crippen LogP contribution in [0.1, 0.15) is 41.0 Å². The first kappa shape index (κ1) is 14.7. The number of aromatic nitrogens is 2. The fourth-order valence-electron chi connectivity index (χ4n) is 2.54. The lowest BCUT2D eigenvalue weighted by Crippen LogP contribution is -2.24. The zero-order valence-corrected chi connectivity index (χ0v) is 12.8. The molecule has 0 saturated heterocycles. The van der Waals surface area contributed by atoms with E-state index in [0.717, 1.165) is 24.4 Å². The van der Waals surface area contributed by atoms with Gasteiger partial charge in [-0.25, -0.2) is 0 Å². The van der Waals surface area contributed by atoms with Crippen molar-refractivity contribution in [3.05, 3.63) is 58.4 Å². The van der Waals surface area contributed by atoms with Crippen LogP contribution in [0.15, 0.2) is 30.3 Å². The Morgan fingerprint density at radius 3 is 2.60 bits per heavy atom. The minimum absolute atomic E-state index is 0.288. The second-order valence-corrected chi connectivity index (χ2v) is 5.33. The van der Waals surface area contributed by atoms with Crippen LogP contribution in [0.25, 0.3) is 0 Å². The van der Waals surface area contributed by atoms with E-state index >= 15 is 0 Å². The quantitative estimate of drug-likeness (QED) is 0.905. The average Bonchev–Trinajstić information content (AvgIpc) is 2.41. The Balaban J connectivity index is 2.29. The van der Waals surface area contributed by atoms with Gasteiger partial charge in [0.05, 0.1) is 11.4 Å². The zero-order chi connectivity index (χ0) is 14.5. The Kier molecular flexibility index (Phi) is 4.85. The van der Waals surface area contributed by atoms with Crippen molar-refractivity contribution in [2.24, 2.45) is 0 Å². The van der Waals surface area contributed by atoms with Gasteiger partial charge in [-0.3, -0.25) is 0 Å². The van der Waals surface area contributed by atoms with Crippen LogP contribution in [-0.2, 0) is 6.42 Å². The first-order valence-corrected chi connectivity index (χ1v) is 7.20. The van der Waals surface area contributed by atoms with Crippen LogP contribution < -0.4 is 5.32 Å². The van der Waals surface area contributed by atoms with Gasteiger partial charge in [0.15, 0.2) is 0 Å². The number of nitrogens with zero attached hydrogens (tertiary/aromatic N) is 2. The van der Waals surface area contributed by atoms with E-state index in [1.807, 2.05) is 13.8 Å². The maximum absolute atomic E-state index is 4.25. The Morgan fingerprint density at radius 2 is 1.90 bits per heavy atom. The highest BCUT2D eigenvalue weighted by atomic mass is 15.1. The molecule has 0 aliphatic rings. The average molecular weight is 269 g/mol. The summed E-state index contributed by atoms with van der Waals surface area (Å²) in [6.45, 7) is 9.24. The number of likely N-dealkylation sites (N-methyl/N-ethyl adjacent to an activating group) is 1. The zero-order valence-electron chi connectivity index (χ0n) is 12.8. The van der Waals surface area contributed by atoms with Gasteiger partial charge in [-0.2, -0.15) is 10.2 Å². The van der Waals surface area contributed by atoms with Crippen molar-refractivity contribution in [3.8, 4) is 0 Å². The summed E-state index contributed by atoms with van der Waals surface area (Å²) in [6.07, 6.45) is 0.974. The van der Waals surface area contributed by atoms with Gasteiger partial charge in [0.25, 0.3) is 0 Å². The van der Waals surface area contributed by atoms with Crippen LogP contribution >= 0.6 is 0 Å². The summed E-state index contributed by atoms with van der Waals surface area (Å²) in [7, 11) is 0. The third-order valence-electron chi connectivity index (χ3n) is 3.49. The topological polar surface area (TPSA) is 37.8 Å². The van der Waals surface area contributed by atoms with E-state index in [4.69, 9.17) is 0 Å². The third kappa shape index (κ3) is 3.64. The number of hydrogen-bond acceptors (Lipinski definition) is 3. The minimum atomic E-state index is 0.288. The maximum Gasteiger partial charge on any atom is 0.0648 e. The van der Waals surface area contributed by atoms with Crippen LogP contribution in [0.5, 0.6) is 0 Å². The molecule has 0 saturated carbocycles. The Morgan fingerprint density at radius 1 is 1.10 bits per heavy atom. The van der Waals surface area contributed by atoms with Gasteiger partial charge < -0.3 is 5.32 Å². The molecule has 1 atom stereocenters. The number of hydrogen-bond donors (Lipinski definition) is 1. The Hall–Kier alpha value is -1.74. The van der Waals surface area contributed by atoms with E-state index in [2.05, 4.69) is 59.7 Å². The lowest BCUT2D eigenvalue weighted by molar-refractivity contribution is 0.542. The molecule has 2 rings (SSSR count). The molecule has 106 valence electrons. The largest absolute Gasteiger partial charge is 0.310 e. The second-order valence-electron chi connectivity index (χ2n) is 5.33. The molecule has 0 aliphatic heterocycles. The fourth-order valence-corrected chi connectivity index (χ4v) is 2.54. The molecular weight excluding hydrogens is 246 g/mol. The van der Waals surface area contributed by atoms with Gasteiger partial charge in [0.1, 0.15) is 0 Å². The summed E-state index contributed by atoms with van der Waals surface area (Å²) < 4.78 is 0. The van der Waals surface area contributed by atoms with E-state index in [1.165, 1.54) is 16.7 Å². The second kappa shape index (κ2) is 6.62. The normalized spacial score (nSPS) is 12.4. The molecule has 1 aromatic carbocycles. The monoisotopic (exact) mass is 269 g/mol. The number of nitrogens with one attached hydrogen (secondary N) is 1. The Bertz CT molecular complexity index is 578. The predicted molar refractivity (Wildman–Crippen MR) is 82.8 cm³/mol. The van der Waals surface area contributed by atoms with E-state index in [9.17, 15) is 0 Å². The van der Waals surface area contributed by atoms with Crippen molar-refractivity contribution in [2.75, 3.05) is 6.54 Å². The highest BCUT2D eigenvalue weighted by molar-refractivity contribution is 5.28. The van der Waals surface area contributed by atoms with Crippen molar-refractivity contribution in [1.82, 2.24) is 15.5 Å². The van der Waals surface area contributed by atoms with Crippen LogP contribution in [0.4, 0.5) is 0 Å². The van der Waals surface area contributed by atoms with E-state index in [1.54, 1.807) is 0 Å². The lowest BCUT2D eigenvalue weighted by atomic mass is 9.97. The van der Waals surface area contributed by atoms with Crippen molar-refractivity contribution in [1.29, 1.82) is 0 Å². The fraction of sp³-hybridized carbons (Fsp3) is 0.412. The highest BCUT2D eigenvalue weighted by Crippen LogP contribution is 2.21. The van der Waals surface area contributed by atoms with Gasteiger partial charge in [0.2, 0.25) is 0 Å². The Labute approximate surface area is 121 Å². The van der Waals surface area contributed by atoms with Crippen molar-refractivity contribution >= 4 is 0 Å². The standard InChI is InChI=1S/C17H23N3/c1-5-18-17(11-15-8-6-7-12(2)9-15)16-10-13(3)19-20-14(16)4/h6-10,17-18H,5,11H2,1-4H3. The lowest BCUT2D eigenvalue weighted by Gasteiger charge is -2.20. The summed E-state index contributed by atoms with van der Waals surface area (Å²) in [5.41, 5.74) is 5.89. The molecule has 0 radical (unpaired) electrons. The van der Waals surface area contributed by atoms with Gasteiger partial charge in [-0.1, -0.05) is 36.8 Å². The summed E-state index contributed by atoms with van der Waals surface area (Å²) in [5, 5.41) is 11.9. The first-order valence-electron chi connectivity index (χ1n) is 7.20. The van der Waals surface area contributed by atoms with Gasteiger partial charge in [-0.05, 0) is 50.9 Å². The summed E-state index contributed by atoms with van der Waals surface area (Å²) in [4.78, 5) is 0. The third-order valence-corrected chi connectivity index (χ3v) is 3.49. The van der Waals surface area contributed by atoms with Crippen molar-refractivity contribution in [2.45, 2.75) is 40.2 Å². The van der Waals surface area contributed by atoms with Crippen LogP contribution in [0.3, 0.4) is 0 Å². The molecule has 3 heteroatoms. The molecule has 1 aromatic heterocycles. The number of aryl methyl sites for hydroxylation is 3. The molecule has 1 heterocycles. The molecule has 20 heavy (non-hydrogen) atoms. The van der Waals surface area contributed by atoms with Crippen LogP contribution in [-0.4, -0.2) is 16.7 Å². The van der Waals surface area contributed by atoms with Gasteiger partial charge in [-0.15, -0.1) is 0 Å². The molecule has 1 N–H and O–H groups in total. The van der Waals surface area contributed by atoms with Crippen molar-refractivity contribution in [3.63, 3.8) is 0 Å². The summed E-state index contributed by atoms with van der Waals surface area (Å²) in [6, 6.07) is 11.1. The number of benzene rings is 1. The number of rotatable bonds is 5. The molecule has 0 bridgehead atoms. The molecule has 1 unspecified atom stereocenters. The van der Waals surface area contributed by atoms with E-state index < -0.39 is 0 Å². The van der Waals surface area contributed by atoms with E-state index in [0.29, 0.717) is 0 Å². The van der Waals surface area contributed by atoms with Gasteiger partial charge >= 0.3 is 0 Å². The highest BCUT2D eigenvalue weighted by Gasteiger charge is 2.15. The predicted octanol–water partition coefficient (Wildman–Crippen LogP) is 3.30. The van der Waals surface area contributed by atoms with Crippen LogP contribution in [0.2, 0.25) is 0 Å². The first-order chi connectivity index (χ1) is 9.60. The molecule has 0 amide bonds. The molecule has 0 spiro atoms. The van der Waals surface area contributed by atoms with E-state index in [-0.39, 0.29) is 6.04 Å². The van der Waals surface area contributed by atoms with Crippen molar-refractivity contribution < 1.29 is 0 Å². The molecular formula is C17H23N3. The minimum Gasteiger partial charge on any atom is -0.310 e. The van der Waals surface area contributed by atoms with Gasteiger partial charge in [0, 0.05) is 6.04 Å². The molecule has 0 fully saturated rings. The SMILES string of the molecule is CCNC(Cc1cccc(C)c1)c1cc(C)nnc1C. The molecule has 2 aromatic rings. The van der Waals surface area contributed by atoms with Crippen LogP contribution in [0, 0.1) is 20.8 Å². The maximum atomic E-state index is 4.25. The molecule has 3 nitrogen and oxygen atoms in total. The smallest absolute Gasteiger partial charge is 0.0648 e. The summed E-state index contributed by atoms with van der Waals surface area (Å²) in [5.74, 6) is 0.